The Morgan fingerprint density at radius 3 is 2.79 bits per heavy atom. The highest BCUT2D eigenvalue weighted by atomic mass is 32.2. The van der Waals surface area contributed by atoms with E-state index in [1.165, 1.54) is 18.2 Å². The number of nitro groups is 1. The molecule has 102 valence electrons. The Morgan fingerprint density at radius 1 is 1.58 bits per heavy atom. The van der Waals surface area contributed by atoms with E-state index in [9.17, 15) is 14.9 Å². The number of hydrogen-bond acceptors (Lipinski definition) is 5. The van der Waals surface area contributed by atoms with Crippen LogP contribution in [0.2, 0.25) is 0 Å². The topological polar surface area (TPSA) is 98.3 Å². The molecule has 1 aliphatic carbocycles. The van der Waals surface area contributed by atoms with Crippen LogP contribution in [0.15, 0.2) is 18.2 Å². The molecule has 3 N–H and O–H groups in total. The van der Waals surface area contributed by atoms with Crippen LogP contribution >= 0.6 is 11.8 Å². The lowest BCUT2D eigenvalue weighted by Crippen LogP contribution is -2.31. The molecule has 0 heterocycles. The molecule has 6 nitrogen and oxygen atoms in total. The lowest BCUT2D eigenvalue weighted by atomic mass is 10.1. The van der Waals surface area contributed by atoms with Gasteiger partial charge in [-0.3, -0.25) is 14.9 Å². The fourth-order valence-corrected chi connectivity index (χ4v) is 2.51. The first-order chi connectivity index (χ1) is 8.97. The van der Waals surface area contributed by atoms with Crippen LogP contribution in [0.25, 0.3) is 0 Å². The summed E-state index contributed by atoms with van der Waals surface area (Å²) in [5.41, 5.74) is 5.57. The number of benzene rings is 1. The predicted molar refractivity (Wildman–Crippen MR) is 75.3 cm³/mol. The van der Waals surface area contributed by atoms with Crippen LogP contribution in [0.5, 0.6) is 0 Å². The van der Waals surface area contributed by atoms with Crippen LogP contribution in [0, 0.1) is 10.1 Å². The molecule has 1 aromatic carbocycles. The Balaban J connectivity index is 2.07. The van der Waals surface area contributed by atoms with E-state index >= 15 is 0 Å². The van der Waals surface area contributed by atoms with E-state index in [0.717, 1.165) is 12.8 Å². The van der Waals surface area contributed by atoms with E-state index in [0.29, 0.717) is 6.54 Å². The zero-order valence-corrected chi connectivity index (χ0v) is 11.3. The molecule has 0 atom stereocenters. The summed E-state index contributed by atoms with van der Waals surface area (Å²) in [4.78, 5) is 22.1. The Bertz CT molecular complexity index is 529. The summed E-state index contributed by atoms with van der Waals surface area (Å²) >= 11 is 1.74. The number of nitro benzene ring substituents is 1. The summed E-state index contributed by atoms with van der Waals surface area (Å²) < 4.78 is 0.162. The lowest BCUT2D eigenvalue weighted by Gasteiger charge is -2.13. The maximum absolute atomic E-state index is 11.9. The van der Waals surface area contributed by atoms with Gasteiger partial charge < -0.3 is 11.1 Å². The van der Waals surface area contributed by atoms with Gasteiger partial charge in [-0.15, -0.1) is 0 Å². The number of anilines is 1. The van der Waals surface area contributed by atoms with Crippen molar-refractivity contribution in [3.05, 3.63) is 33.9 Å². The van der Waals surface area contributed by atoms with Gasteiger partial charge in [0.25, 0.3) is 11.6 Å². The van der Waals surface area contributed by atoms with Crippen LogP contribution in [0.3, 0.4) is 0 Å². The zero-order valence-electron chi connectivity index (χ0n) is 10.5. The van der Waals surface area contributed by atoms with E-state index in [2.05, 4.69) is 5.32 Å². The van der Waals surface area contributed by atoms with E-state index < -0.39 is 4.92 Å². The normalized spacial score (nSPS) is 15.8. The molecule has 0 aliphatic heterocycles. The van der Waals surface area contributed by atoms with Crippen LogP contribution in [0.4, 0.5) is 11.4 Å². The van der Waals surface area contributed by atoms with Gasteiger partial charge in [0.15, 0.2) is 0 Å². The number of carbonyl (C=O) groups is 1. The number of hydrogen-bond donors (Lipinski definition) is 2. The first-order valence-electron chi connectivity index (χ1n) is 5.85. The summed E-state index contributed by atoms with van der Waals surface area (Å²) in [6.07, 6.45) is 4.21. The average Bonchev–Trinajstić information content (AvgIpc) is 3.17. The Kier molecular flexibility index (Phi) is 3.66. The monoisotopic (exact) mass is 281 g/mol. The van der Waals surface area contributed by atoms with Gasteiger partial charge in [-0.2, -0.15) is 11.8 Å². The van der Waals surface area contributed by atoms with Crippen molar-refractivity contribution in [1.82, 2.24) is 5.32 Å². The molecule has 1 fully saturated rings. The Morgan fingerprint density at radius 2 is 2.26 bits per heavy atom. The maximum atomic E-state index is 11.9. The molecule has 1 saturated carbocycles. The first-order valence-corrected chi connectivity index (χ1v) is 7.07. The minimum atomic E-state index is -0.587. The van der Waals surface area contributed by atoms with Gasteiger partial charge in [0.1, 0.15) is 5.69 Å². The smallest absolute Gasteiger partial charge is 0.292 e. The van der Waals surface area contributed by atoms with Gasteiger partial charge >= 0.3 is 0 Å². The molecule has 2 rings (SSSR count). The number of nitrogen functional groups attached to an aromatic ring is 1. The number of nitrogens with two attached hydrogens (primary N) is 1. The van der Waals surface area contributed by atoms with Gasteiger partial charge in [-0.25, -0.2) is 0 Å². The molecule has 7 heteroatoms. The lowest BCUT2D eigenvalue weighted by molar-refractivity contribution is -0.383. The third kappa shape index (κ3) is 2.98. The van der Waals surface area contributed by atoms with Gasteiger partial charge in [0.05, 0.1) is 4.92 Å². The molecule has 0 aromatic heterocycles. The molecule has 1 aromatic rings. The van der Waals surface area contributed by atoms with Crippen molar-refractivity contribution < 1.29 is 9.72 Å². The third-order valence-electron chi connectivity index (χ3n) is 3.30. The number of nitrogens with zero attached hydrogens (tertiary/aromatic N) is 1. The van der Waals surface area contributed by atoms with Gasteiger partial charge in [0.2, 0.25) is 0 Å². The van der Waals surface area contributed by atoms with Crippen molar-refractivity contribution in [2.75, 3.05) is 18.5 Å². The maximum Gasteiger partial charge on any atom is 0.292 e. The molecule has 0 spiro atoms. The summed E-state index contributed by atoms with van der Waals surface area (Å²) in [7, 11) is 0. The van der Waals surface area contributed by atoms with E-state index in [1.807, 2.05) is 6.26 Å². The quantitative estimate of drug-likeness (QED) is 0.487. The fourth-order valence-electron chi connectivity index (χ4n) is 1.78. The highest BCUT2D eigenvalue weighted by Crippen LogP contribution is 2.46. The molecule has 0 unspecified atom stereocenters. The van der Waals surface area contributed by atoms with E-state index in [4.69, 9.17) is 5.73 Å². The largest absolute Gasteiger partial charge is 0.393 e. The SMILES string of the molecule is CSC1(CNC(=O)c2ccc(N)c([N+](=O)[O-])c2)CC1. The van der Waals surface area contributed by atoms with Crippen LogP contribution < -0.4 is 11.1 Å². The summed E-state index contributed by atoms with van der Waals surface area (Å²) in [5.74, 6) is -0.302. The van der Waals surface area contributed by atoms with Crippen molar-refractivity contribution >= 4 is 29.0 Å². The Labute approximate surface area is 114 Å². The first kappa shape index (κ1) is 13.7. The second-order valence-electron chi connectivity index (χ2n) is 4.60. The molecular formula is C12H15N3O3S. The van der Waals surface area contributed by atoms with Crippen molar-refractivity contribution in [1.29, 1.82) is 0 Å². The zero-order chi connectivity index (χ0) is 14.0. The van der Waals surface area contributed by atoms with Crippen molar-refractivity contribution in [2.45, 2.75) is 17.6 Å². The van der Waals surface area contributed by atoms with Crippen molar-refractivity contribution in [3.8, 4) is 0 Å². The molecule has 0 saturated heterocycles. The average molecular weight is 281 g/mol. The predicted octanol–water partition coefficient (Wildman–Crippen LogP) is 1.80. The highest BCUT2D eigenvalue weighted by Gasteiger charge is 2.41. The summed E-state index contributed by atoms with van der Waals surface area (Å²) in [6, 6.07) is 4.09. The van der Waals surface area contributed by atoms with Crippen LogP contribution in [0.1, 0.15) is 23.2 Å². The second-order valence-corrected chi connectivity index (χ2v) is 5.87. The number of nitrogens with one attached hydrogen (secondary N) is 1. The fraction of sp³-hybridized carbons (Fsp3) is 0.417. The number of rotatable bonds is 5. The molecule has 1 aliphatic rings. The van der Waals surface area contributed by atoms with Crippen LogP contribution in [-0.4, -0.2) is 28.4 Å². The van der Waals surface area contributed by atoms with Gasteiger partial charge in [0, 0.05) is 22.9 Å². The van der Waals surface area contributed by atoms with Gasteiger partial charge in [-0.05, 0) is 31.2 Å². The minimum absolute atomic E-state index is 0.0596. The number of thioether (sulfide) groups is 1. The van der Waals surface area contributed by atoms with Crippen LogP contribution in [-0.2, 0) is 0 Å². The Hall–Kier alpha value is -1.76. The van der Waals surface area contributed by atoms with Crippen molar-refractivity contribution in [3.63, 3.8) is 0 Å². The summed E-state index contributed by atoms with van der Waals surface area (Å²) in [5, 5.41) is 13.6. The standard InChI is InChI=1S/C12H15N3O3S/c1-19-12(4-5-12)7-14-11(16)8-2-3-9(13)10(6-8)15(17)18/h2-3,6H,4-5,7,13H2,1H3,(H,14,16). The minimum Gasteiger partial charge on any atom is -0.393 e. The summed E-state index contributed by atoms with van der Waals surface area (Å²) in [6.45, 7) is 0.588. The molecule has 0 radical (unpaired) electrons. The third-order valence-corrected chi connectivity index (χ3v) is 4.72. The van der Waals surface area contributed by atoms with E-state index in [1.54, 1.807) is 11.8 Å². The second kappa shape index (κ2) is 5.08. The molecular weight excluding hydrogens is 266 g/mol. The number of amides is 1. The van der Waals surface area contributed by atoms with E-state index in [-0.39, 0.29) is 27.6 Å². The molecule has 0 bridgehead atoms. The molecule has 19 heavy (non-hydrogen) atoms. The van der Waals surface area contributed by atoms with Gasteiger partial charge in [-0.1, -0.05) is 0 Å². The number of carbonyl (C=O) groups excluding carboxylic acids is 1. The molecule has 1 amide bonds. The van der Waals surface area contributed by atoms with Crippen molar-refractivity contribution in [2.24, 2.45) is 0 Å². The highest BCUT2D eigenvalue weighted by molar-refractivity contribution is 8.00.